The number of aliphatic hydroxyl groups excluding tert-OH is 1. The molecule has 0 saturated heterocycles. The fourth-order valence-electron chi connectivity index (χ4n) is 1.32. The van der Waals surface area contributed by atoms with E-state index in [0.717, 1.165) is 9.13 Å². The number of rotatable bonds is 3. The lowest BCUT2D eigenvalue weighted by atomic mass is 10.2. The van der Waals surface area contributed by atoms with Crippen molar-refractivity contribution in [2.24, 2.45) is 0 Å². The summed E-state index contributed by atoms with van der Waals surface area (Å²) >= 11 is 8.09. The highest BCUT2D eigenvalue weighted by atomic mass is 127. The van der Waals surface area contributed by atoms with E-state index in [1.54, 1.807) is 12.1 Å². The van der Waals surface area contributed by atoms with Crippen molar-refractivity contribution in [3.63, 3.8) is 0 Å². The van der Waals surface area contributed by atoms with Crippen molar-refractivity contribution >= 4 is 34.2 Å². The van der Waals surface area contributed by atoms with Gasteiger partial charge in [0.25, 0.3) is 5.89 Å². The molecule has 1 N–H and O–H groups in total. The van der Waals surface area contributed by atoms with E-state index in [4.69, 9.17) is 16.1 Å². The largest absolute Gasteiger partial charge is 0.385 e. The number of aromatic nitrogens is 2. The molecule has 1 aromatic carbocycles. The summed E-state index contributed by atoms with van der Waals surface area (Å²) in [5.74, 6) is 0.678. The molecule has 6 heteroatoms. The Labute approximate surface area is 117 Å². The van der Waals surface area contributed by atoms with Gasteiger partial charge in [0, 0.05) is 8.59 Å². The number of hydrogen-bond donors (Lipinski definition) is 1. The Balaban J connectivity index is 2.40. The molecule has 1 aromatic heterocycles. The van der Waals surface area contributed by atoms with Crippen LogP contribution in [-0.2, 0) is 0 Å². The van der Waals surface area contributed by atoms with Gasteiger partial charge in [-0.3, -0.25) is 0 Å². The van der Waals surface area contributed by atoms with Gasteiger partial charge in [-0.1, -0.05) is 23.7 Å². The molecule has 0 spiro atoms. The average Bonchev–Trinajstić information content (AvgIpc) is 2.80. The summed E-state index contributed by atoms with van der Waals surface area (Å²) in [5.41, 5.74) is 0.778. The molecule has 90 valence electrons. The summed E-state index contributed by atoms with van der Waals surface area (Å²) < 4.78 is 6.09. The molecule has 0 amide bonds. The third-order valence-corrected chi connectivity index (χ3v) is 3.46. The van der Waals surface area contributed by atoms with E-state index in [2.05, 4.69) is 32.7 Å². The maximum Gasteiger partial charge on any atom is 0.259 e. The summed E-state index contributed by atoms with van der Waals surface area (Å²) in [5, 5.41) is 14.0. The van der Waals surface area contributed by atoms with Crippen LogP contribution in [0.15, 0.2) is 22.7 Å². The first-order chi connectivity index (χ1) is 8.11. The van der Waals surface area contributed by atoms with Crippen molar-refractivity contribution in [3.05, 3.63) is 32.6 Å². The Bertz CT molecular complexity index is 530. The zero-order valence-electron chi connectivity index (χ0n) is 9.02. The van der Waals surface area contributed by atoms with E-state index >= 15 is 0 Å². The highest BCUT2D eigenvalue weighted by Gasteiger charge is 2.16. The monoisotopic (exact) mass is 364 g/mol. The summed E-state index contributed by atoms with van der Waals surface area (Å²) in [4.78, 5) is 4.16. The highest BCUT2D eigenvalue weighted by molar-refractivity contribution is 14.1. The van der Waals surface area contributed by atoms with E-state index in [1.807, 2.05) is 13.0 Å². The van der Waals surface area contributed by atoms with Crippen LogP contribution in [0.4, 0.5) is 0 Å². The SMILES string of the molecule is CCC(O)c1noc(-c2cc(Cl)ccc2I)n1. The number of halogens is 2. The molecule has 0 aliphatic carbocycles. The minimum Gasteiger partial charge on any atom is -0.385 e. The van der Waals surface area contributed by atoms with Crippen molar-refractivity contribution in [1.29, 1.82) is 0 Å². The Kier molecular flexibility index (Phi) is 4.01. The van der Waals surface area contributed by atoms with Crippen molar-refractivity contribution in [2.75, 3.05) is 0 Å². The quantitative estimate of drug-likeness (QED) is 0.848. The predicted octanol–water partition coefficient (Wildman–Crippen LogP) is 3.44. The Hall–Kier alpha value is -0.660. The molecule has 1 atom stereocenters. The zero-order valence-corrected chi connectivity index (χ0v) is 11.9. The standard InChI is InChI=1S/C11H10ClIN2O2/c1-2-9(16)10-14-11(17-15-10)7-5-6(12)3-4-8(7)13/h3-5,9,16H,2H2,1H3. The van der Waals surface area contributed by atoms with Crippen LogP contribution in [-0.4, -0.2) is 15.2 Å². The number of benzene rings is 1. The number of hydrogen-bond acceptors (Lipinski definition) is 4. The van der Waals surface area contributed by atoms with Crippen LogP contribution in [0.2, 0.25) is 5.02 Å². The van der Waals surface area contributed by atoms with Gasteiger partial charge in [-0.15, -0.1) is 0 Å². The molecule has 2 rings (SSSR count). The normalized spacial score (nSPS) is 12.7. The van der Waals surface area contributed by atoms with Gasteiger partial charge in [0.15, 0.2) is 0 Å². The third-order valence-electron chi connectivity index (χ3n) is 2.29. The minimum absolute atomic E-state index is 0.304. The van der Waals surface area contributed by atoms with Crippen LogP contribution in [0, 0.1) is 3.57 Å². The van der Waals surface area contributed by atoms with E-state index in [9.17, 15) is 5.11 Å². The molecule has 0 aliphatic heterocycles. The summed E-state index contributed by atoms with van der Waals surface area (Å²) in [7, 11) is 0. The van der Waals surface area contributed by atoms with Gasteiger partial charge in [0.1, 0.15) is 6.10 Å². The molecular weight excluding hydrogens is 354 g/mol. The molecule has 0 bridgehead atoms. The maximum absolute atomic E-state index is 9.60. The fourth-order valence-corrected chi connectivity index (χ4v) is 2.06. The topological polar surface area (TPSA) is 59.2 Å². The molecular formula is C11H10ClIN2O2. The molecule has 17 heavy (non-hydrogen) atoms. The van der Waals surface area contributed by atoms with Gasteiger partial charge in [0.2, 0.25) is 5.82 Å². The first-order valence-electron chi connectivity index (χ1n) is 5.09. The maximum atomic E-state index is 9.60. The van der Waals surface area contributed by atoms with Crippen LogP contribution >= 0.6 is 34.2 Å². The molecule has 4 nitrogen and oxygen atoms in total. The van der Waals surface area contributed by atoms with Crippen LogP contribution < -0.4 is 0 Å². The van der Waals surface area contributed by atoms with E-state index in [1.165, 1.54) is 0 Å². The second-order valence-electron chi connectivity index (χ2n) is 3.51. The van der Waals surface area contributed by atoms with Gasteiger partial charge in [-0.05, 0) is 47.2 Å². The van der Waals surface area contributed by atoms with E-state index in [-0.39, 0.29) is 0 Å². The van der Waals surface area contributed by atoms with Crippen molar-refractivity contribution in [2.45, 2.75) is 19.4 Å². The number of nitrogens with zero attached hydrogens (tertiary/aromatic N) is 2. The summed E-state index contributed by atoms with van der Waals surface area (Å²) in [6.07, 6.45) is -0.143. The smallest absolute Gasteiger partial charge is 0.259 e. The highest BCUT2D eigenvalue weighted by Crippen LogP contribution is 2.27. The summed E-state index contributed by atoms with van der Waals surface area (Å²) in [6.45, 7) is 1.85. The zero-order chi connectivity index (χ0) is 12.4. The Morgan fingerprint density at radius 1 is 1.53 bits per heavy atom. The predicted molar refractivity (Wildman–Crippen MR) is 72.7 cm³/mol. The van der Waals surface area contributed by atoms with Gasteiger partial charge in [-0.25, -0.2) is 0 Å². The first-order valence-corrected chi connectivity index (χ1v) is 6.54. The second kappa shape index (κ2) is 5.32. The molecule has 0 fully saturated rings. The molecule has 1 heterocycles. The van der Waals surface area contributed by atoms with Crippen LogP contribution in [0.25, 0.3) is 11.5 Å². The van der Waals surface area contributed by atoms with Crippen molar-refractivity contribution < 1.29 is 9.63 Å². The second-order valence-corrected chi connectivity index (χ2v) is 5.10. The Morgan fingerprint density at radius 2 is 2.29 bits per heavy atom. The molecule has 0 saturated carbocycles. The summed E-state index contributed by atoms with van der Waals surface area (Å²) in [6, 6.07) is 5.43. The Morgan fingerprint density at radius 3 is 3.00 bits per heavy atom. The molecule has 0 radical (unpaired) electrons. The van der Waals surface area contributed by atoms with Gasteiger partial charge in [0.05, 0.1) is 5.56 Å². The third kappa shape index (κ3) is 2.78. The van der Waals surface area contributed by atoms with Gasteiger partial charge in [-0.2, -0.15) is 4.98 Å². The lowest BCUT2D eigenvalue weighted by molar-refractivity contribution is 0.159. The molecule has 2 aromatic rings. The van der Waals surface area contributed by atoms with Crippen LogP contribution in [0.1, 0.15) is 25.3 Å². The van der Waals surface area contributed by atoms with E-state index < -0.39 is 6.10 Å². The van der Waals surface area contributed by atoms with E-state index in [0.29, 0.717) is 23.2 Å². The lowest BCUT2D eigenvalue weighted by Crippen LogP contribution is -1.97. The van der Waals surface area contributed by atoms with Crippen LogP contribution in [0.5, 0.6) is 0 Å². The average molecular weight is 365 g/mol. The van der Waals surface area contributed by atoms with Crippen LogP contribution in [0.3, 0.4) is 0 Å². The minimum atomic E-state index is -0.690. The van der Waals surface area contributed by atoms with Gasteiger partial charge >= 0.3 is 0 Å². The lowest BCUT2D eigenvalue weighted by Gasteiger charge is -2.00. The van der Waals surface area contributed by atoms with Crippen molar-refractivity contribution in [3.8, 4) is 11.5 Å². The van der Waals surface area contributed by atoms with Gasteiger partial charge < -0.3 is 9.63 Å². The molecule has 0 aliphatic rings. The fraction of sp³-hybridized carbons (Fsp3) is 0.273. The number of aliphatic hydroxyl groups is 1. The van der Waals surface area contributed by atoms with Crippen molar-refractivity contribution in [1.82, 2.24) is 10.1 Å². The first kappa shape index (κ1) is 12.8. The molecule has 1 unspecified atom stereocenters.